The van der Waals surface area contributed by atoms with E-state index in [1.807, 2.05) is 18.2 Å². The SMILES string of the molecule is COc1ccc(/C=C/c2nc3s/c(=C\c4ccc(-c5ccccc5[N+](=O)[O-])o4)c(=O)n3n2)cc1OC. The Labute approximate surface area is 207 Å². The van der Waals surface area contributed by atoms with Crippen LogP contribution < -0.4 is 19.6 Å². The number of fused-ring (bicyclic) bond motifs is 1. The minimum absolute atomic E-state index is 0.0598. The number of thiazole rings is 1. The maximum atomic E-state index is 12.8. The number of rotatable bonds is 7. The van der Waals surface area contributed by atoms with Gasteiger partial charge in [0.25, 0.3) is 11.2 Å². The van der Waals surface area contributed by atoms with Crippen LogP contribution in [-0.4, -0.2) is 33.7 Å². The number of methoxy groups -OCH3 is 2. The summed E-state index contributed by atoms with van der Waals surface area (Å²) in [6.45, 7) is 0. The van der Waals surface area contributed by atoms with Crippen LogP contribution in [0.5, 0.6) is 11.5 Å². The Morgan fingerprint density at radius 3 is 2.61 bits per heavy atom. The highest BCUT2D eigenvalue weighted by atomic mass is 32.1. The summed E-state index contributed by atoms with van der Waals surface area (Å²) in [5.41, 5.74) is 0.819. The van der Waals surface area contributed by atoms with Crippen LogP contribution >= 0.6 is 11.3 Å². The molecule has 5 aromatic rings. The number of aromatic nitrogens is 3. The first-order chi connectivity index (χ1) is 17.5. The van der Waals surface area contributed by atoms with Crippen molar-refractivity contribution in [3.63, 3.8) is 0 Å². The van der Waals surface area contributed by atoms with Crippen LogP contribution in [0.15, 0.2) is 63.8 Å². The molecular formula is C25H18N4O6S. The summed E-state index contributed by atoms with van der Waals surface area (Å²) in [5, 5.41) is 15.6. The molecule has 180 valence electrons. The molecule has 0 unspecified atom stereocenters. The second kappa shape index (κ2) is 9.47. The van der Waals surface area contributed by atoms with E-state index in [9.17, 15) is 14.9 Å². The zero-order chi connectivity index (χ0) is 25.2. The molecule has 5 rings (SSSR count). The summed E-state index contributed by atoms with van der Waals surface area (Å²) in [7, 11) is 3.14. The van der Waals surface area contributed by atoms with Crippen molar-refractivity contribution >= 4 is 40.2 Å². The smallest absolute Gasteiger partial charge is 0.291 e. The summed E-state index contributed by atoms with van der Waals surface area (Å²) in [6, 6.07) is 15.1. The van der Waals surface area contributed by atoms with E-state index in [1.54, 1.807) is 62.8 Å². The van der Waals surface area contributed by atoms with Gasteiger partial charge in [0, 0.05) is 12.1 Å². The molecule has 36 heavy (non-hydrogen) atoms. The van der Waals surface area contributed by atoms with E-state index in [0.717, 1.165) is 5.56 Å². The topological polar surface area (TPSA) is 122 Å². The molecule has 0 amide bonds. The van der Waals surface area contributed by atoms with Gasteiger partial charge in [0.1, 0.15) is 16.1 Å². The van der Waals surface area contributed by atoms with Crippen LogP contribution in [0.1, 0.15) is 17.1 Å². The maximum Gasteiger partial charge on any atom is 0.291 e. The normalized spacial score (nSPS) is 12.0. The van der Waals surface area contributed by atoms with E-state index in [4.69, 9.17) is 13.9 Å². The van der Waals surface area contributed by atoms with Gasteiger partial charge in [-0.2, -0.15) is 9.50 Å². The van der Waals surface area contributed by atoms with Gasteiger partial charge in [0.2, 0.25) is 4.96 Å². The van der Waals surface area contributed by atoms with Gasteiger partial charge in [-0.15, -0.1) is 5.10 Å². The van der Waals surface area contributed by atoms with Gasteiger partial charge >= 0.3 is 0 Å². The van der Waals surface area contributed by atoms with Gasteiger partial charge in [0.05, 0.1) is 24.7 Å². The molecule has 0 spiro atoms. The molecule has 11 heteroatoms. The third kappa shape index (κ3) is 4.34. The fourth-order valence-electron chi connectivity index (χ4n) is 3.59. The molecule has 0 atom stereocenters. The summed E-state index contributed by atoms with van der Waals surface area (Å²) in [4.78, 5) is 28.5. The van der Waals surface area contributed by atoms with Crippen molar-refractivity contribution in [2.24, 2.45) is 0 Å². The number of nitro benzene ring substituents is 1. The standard InChI is InChI=1S/C25H18N4O6S/c1-33-20-10-7-15(13-21(20)34-2)8-12-23-26-25-28(27-23)24(30)22(36-25)14-16-9-11-19(35-16)17-5-3-4-6-18(17)29(31)32/h3-14H,1-2H3/b12-8+,22-14-. The largest absolute Gasteiger partial charge is 0.493 e. The van der Waals surface area contributed by atoms with Crippen molar-refractivity contribution in [3.05, 3.63) is 96.7 Å². The van der Waals surface area contributed by atoms with E-state index in [1.165, 1.54) is 21.9 Å². The maximum absolute atomic E-state index is 12.8. The minimum Gasteiger partial charge on any atom is -0.493 e. The molecule has 0 aliphatic heterocycles. The summed E-state index contributed by atoms with van der Waals surface area (Å²) >= 11 is 1.17. The van der Waals surface area contributed by atoms with Crippen LogP contribution in [0.2, 0.25) is 0 Å². The zero-order valence-electron chi connectivity index (χ0n) is 19.1. The third-order valence-electron chi connectivity index (χ3n) is 5.30. The van der Waals surface area contributed by atoms with Crippen LogP contribution in [0, 0.1) is 10.1 Å². The molecule has 0 radical (unpaired) electrons. The average molecular weight is 503 g/mol. The lowest BCUT2D eigenvalue weighted by Crippen LogP contribution is -2.23. The number of nitro groups is 1. The predicted octanol–water partition coefficient (Wildman–Crippen LogP) is 4.05. The number of hydrogen-bond acceptors (Lipinski definition) is 9. The molecule has 0 aliphatic carbocycles. The van der Waals surface area contributed by atoms with E-state index >= 15 is 0 Å². The average Bonchev–Trinajstić information content (AvgIpc) is 3.59. The molecule has 3 aromatic heterocycles. The summed E-state index contributed by atoms with van der Waals surface area (Å²) in [5.74, 6) is 2.34. The quantitative estimate of drug-likeness (QED) is 0.241. The third-order valence-corrected chi connectivity index (χ3v) is 6.26. The lowest BCUT2D eigenvalue weighted by atomic mass is 10.1. The Morgan fingerprint density at radius 1 is 1.06 bits per heavy atom. The van der Waals surface area contributed by atoms with Crippen molar-refractivity contribution in [1.82, 2.24) is 14.6 Å². The van der Waals surface area contributed by atoms with Crippen LogP contribution in [-0.2, 0) is 0 Å². The fourth-order valence-corrected chi connectivity index (χ4v) is 4.49. The monoisotopic (exact) mass is 502 g/mol. The second-order valence-electron chi connectivity index (χ2n) is 7.50. The molecule has 0 saturated heterocycles. The van der Waals surface area contributed by atoms with Crippen molar-refractivity contribution in [3.8, 4) is 22.8 Å². The lowest BCUT2D eigenvalue weighted by Gasteiger charge is -2.07. The van der Waals surface area contributed by atoms with Crippen molar-refractivity contribution in [2.45, 2.75) is 0 Å². The molecule has 3 heterocycles. The van der Waals surface area contributed by atoms with Gasteiger partial charge in [-0.1, -0.05) is 35.6 Å². The molecule has 2 aromatic carbocycles. The Bertz CT molecular complexity index is 1730. The fraction of sp³-hybridized carbons (Fsp3) is 0.0800. The number of furan rings is 1. The molecule has 0 fully saturated rings. The first-order valence-corrected chi connectivity index (χ1v) is 11.4. The number of benzene rings is 2. The first-order valence-electron chi connectivity index (χ1n) is 10.6. The van der Waals surface area contributed by atoms with Crippen molar-refractivity contribution in [2.75, 3.05) is 14.2 Å². The Balaban J connectivity index is 1.42. The number of para-hydroxylation sites is 1. The highest BCUT2D eigenvalue weighted by molar-refractivity contribution is 7.15. The molecule has 10 nitrogen and oxygen atoms in total. The van der Waals surface area contributed by atoms with Crippen molar-refractivity contribution in [1.29, 1.82) is 0 Å². The first kappa shape index (κ1) is 23.0. The van der Waals surface area contributed by atoms with E-state index in [0.29, 0.717) is 43.9 Å². The Kier molecular flexibility index (Phi) is 6.05. The molecule has 0 bridgehead atoms. The number of hydrogen-bond donors (Lipinski definition) is 0. The van der Waals surface area contributed by atoms with E-state index < -0.39 is 4.92 Å². The van der Waals surface area contributed by atoms with Gasteiger partial charge < -0.3 is 13.9 Å². The molecule has 0 saturated carbocycles. The van der Waals surface area contributed by atoms with Gasteiger partial charge in [-0.3, -0.25) is 14.9 Å². The summed E-state index contributed by atoms with van der Waals surface area (Å²) in [6.07, 6.45) is 5.09. The Hall–Kier alpha value is -4.77. The van der Waals surface area contributed by atoms with Gasteiger partial charge in [0.15, 0.2) is 17.3 Å². The minimum atomic E-state index is -0.464. The molecular weight excluding hydrogens is 484 g/mol. The van der Waals surface area contributed by atoms with E-state index in [2.05, 4.69) is 10.1 Å². The van der Waals surface area contributed by atoms with Crippen LogP contribution in [0.25, 0.3) is 34.5 Å². The number of nitrogens with zero attached hydrogens (tertiary/aromatic N) is 4. The molecule has 0 N–H and O–H groups in total. The second-order valence-corrected chi connectivity index (χ2v) is 8.51. The highest BCUT2D eigenvalue weighted by Crippen LogP contribution is 2.31. The van der Waals surface area contributed by atoms with Crippen molar-refractivity contribution < 1.29 is 18.8 Å². The molecule has 0 aliphatic rings. The highest BCUT2D eigenvalue weighted by Gasteiger charge is 2.17. The predicted molar refractivity (Wildman–Crippen MR) is 135 cm³/mol. The van der Waals surface area contributed by atoms with E-state index in [-0.39, 0.29) is 11.2 Å². The lowest BCUT2D eigenvalue weighted by molar-refractivity contribution is -0.384. The Morgan fingerprint density at radius 2 is 1.86 bits per heavy atom. The van der Waals surface area contributed by atoms with Crippen LogP contribution in [0.4, 0.5) is 5.69 Å². The van der Waals surface area contributed by atoms with Gasteiger partial charge in [-0.05, 0) is 42.0 Å². The van der Waals surface area contributed by atoms with Gasteiger partial charge in [-0.25, -0.2) is 0 Å². The van der Waals surface area contributed by atoms with Crippen LogP contribution in [0.3, 0.4) is 0 Å². The number of ether oxygens (including phenoxy) is 2. The summed E-state index contributed by atoms with van der Waals surface area (Å²) < 4.78 is 17.9. The zero-order valence-corrected chi connectivity index (χ0v) is 19.9.